The third kappa shape index (κ3) is 8.22. The van der Waals surface area contributed by atoms with E-state index in [0.29, 0.717) is 12.0 Å². The molecule has 2 aliphatic rings. The number of Topliss-reactive ketones (excluding diaryl/α,β-unsaturated/α-hetero) is 1. The number of rotatable bonds is 3. The van der Waals surface area contributed by atoms with Crippen LogP contribution < -0.4 is 16.8 Å². The molecule has 0 fully saturated rings. The van der Waals surface area contributed by atoms with E-state index in [2.05, 4.69) is 5.32 Å². The third-order valence-corrected chi connectivity index (χ3v) is 6.84. The Labute approximate surface area is 228 Å². The normalized spacial score (nSPS) is 33.3. The summed E-state index contributed by atoms with van der Waals surface area (Å²) < 4.78 is 16.4. The van der Waals surface area contributed by atoms with Crippen molar-refractivity contribution in [2.45, 2.75) is 65.0 Å². The summed E-state index contributed by atoms with van der Waals surface area (Å²) in [5.74, 6) is -2.37. The van der Waals surface area contributed by atoms with Gasteiger partial charge in [-0.2, -0.15) is 0 Å². The Bertz CT molecular complexity index is 1130. The number of methoxy groups -OCH3 is 2. The second kappa shape index (κ2) is 14.0. The topological polar surface area (TPSA) is 180 Å². The molecule has 2 bridgehead atoms. The number of nitrogens with two attached hydrogens (primary N) is 2. The van der Waals surface area contributed by atoms with Gasteiger partial charge in [0, 0.05) is 37.4 Å². The van der Waals surface area contributed by atoms with Gasteiger partial charge in [-0.3, -0.25) is 14.4 Å². The standard InChI is InChI=1S/C28H39N3O8/c1-14-10-18-23(29)20(32)13-19(25(18)34)31-27(35)15(2)8-7-9-21(37-5)26(39-28(30)36)17(4)12-16(3)24(33)22(11-14)38-6/h7-9,12-14,16,21-22,24,26,33H,10-11,29H2,1-6H3,(H2,30,36)(H,31,35)/b9-7-,15-8+,17-12+. The number of aliphatic hydroxyl groups is 1. The summed E-state index contributed by atoms with van der Waals surface area (Å²) in [6.45, 7) is 6.89. The Morgan fingerprint density at radius 3 is 2.38 bits per heavy atom. The van der Waals surface area contributed by atoms with Gasteiger partial charge in [-0.25, -0.2) is 4.79 Å². The molecular formula is C28H39N3O8. The number of amides is 2. The quantitative estimate of drug-likeness (QED) is 0.303. The third-order valence-electron chi connectivity index (χ3n) is 6.84. The van der Waals surface area contributed by atoms with Crippen molar-refractivity contribution >= 4 is 23.6 Å². The Morgan fingerprint density at radius 1 is 1.13 bits per heavy atom. The molecule has 2 rings (SSSR count). The first-order valence-corrected chi connectivity index (χ1v) is 12.6. The van der Waals surface area contributed by atoms with Crippen LogP contribution >= 0.6 is 0 Å². The molecular weight excluding hydrogens is 506 g/mol. The van der Waals surface area contributed by atoms with Crippen LogP contribution in [0, 0.1) is 11.8 Å². The molecule has 0 spiro atoms. The lowest BCUT2D eigenvalue weighted by Crippen LogP contribution is -2.37. The highest BCUT2D eigenvalue weighted by molar-refractivity contribution is 6.23. The molecule has 6 N–H and O–H groups in total. The molecule has 1 aliphatic carbocycles. The van der Waals surface area contributed by atoms with Crippen LogP contribution in [0.5, 0.6) is 0 Å². The molecule has 0 aromatic rings. The molecule has 0 saturated carbocycles. The van der Waals surface area contributed by atoms with Crippen molar-refractivity contribution < 1.29 is 38.5 Å². The van der Waals surface area contributed by atoms with E-state index in [1.54, 1.807) is 26.0 Å². The number of aliphatic hydroxyl groups excluding tert-OH is 1. The maximum absolute atomic E-state index is 13.2. The van der Waals surface area contributed by atoms with Gasteiger partial charge in [-0.1, -0.05) is 38.2 Å². The summed E-state index contributed by atoms with van der Waals surface area (Å²) in [5.41, 5.74) is 11.9. The predicted octanol–water partition coefficient (Wildman–Crippen LogP) is 1.72. The zero-order valence-electron chi connectivity index (χ0n) is 23.2. The first-order chi connectivity index (χ1) is 18.3. The van der Waals surface area contributed by atoms with Gasteiger partial charge in [-0.15, -0.1) is 0 Å². The summed E-state index contributed by atoms with van der Waals surface area (Å²) in [6.07, 6.45) is 3.55. The van der Waals surface area contributed by atoms with Gasteiger partial charge in [0.15, 0.2) is 6.10 Å². The van der Waals surface area contributed by atoms with Gasteiger partial charge in [0.25, 0.3) is 5.91 Å². The first-order valence-electron chi connectivity index (χ1n) is 12.6. The molecule has 0 aromatic carbocycles. The van der Waals surface area contributed by atoms with Crippen molar-refractivity contribution in [2.24, 2.45) is 23.3 Å². The molecule has 0 radical (unpaired) electrons. The number of primary amides is 1. The zero-order chi connectivity index (χ0) is 29.4. The minimum Gasteiger partial charge on any atom is -0.439 e. The summed E-state index contributed by atoms with van der Waals surface area (Å²) in [6, 6.07) is 0. The number of fused-ring (bicyclic) bond motifs is 2. The summed E-state index contributed by atoms with van der Waals surface area (Å²) in [7, 11) is 2.90. The van der Waals surface area contributed by atoms with Crippen molar-refractivity contribution in [1.29, 1.82) is 0 Å². The fourth-order valence-electron chi connectivity index (χ4n) is 4.61. The highest BCUT2D eigenvalue weighted by Gasteiger charge is 2.32. The zero-order valence-corrected chi connectivity index (χ0v) is 23.2. The minimum absolute atomic E-state index is 0.104. The average Bonchev–Trinajstić information content (AvgIpc) is 2.88. The fourth-order valence-corrected chi connectivity index (χ4v) is 4.61. The van der Waals surface area contributed by atoms with E-state index in [1.165, 1.54) is 33.3 Å². The number of nitrogens with one attached hydrogen (secondary N) is 1. The SMILES string of the molecule is COC1/C=C\C=C(/C)C(=O)NC2=CC(=O)C(N)=C(CC(C)CC(OC)C(O)C(C)/C=C(\C)C1OC(N)=O)C2=O. The highest BCUT2D eigenvalue weighted by Crippen LogP contribution is 2.28. The van der Waals surface area contributed by atoms with Crippen LogP contribution in [0.15, 0.2) is 58.5 Å². The maximum Gasteiger partial charge on any atom is 0.405 e. The van der Waals surface area contributed by atoms with Gasteiger partial charge in [0.1, 0.15) is 6.10 Å². The van der Waals surface area contributed by atoms with Crippen LogP contribution in [0.25, 0.3) is 0 Å². The van der Waals surface area contributed by atoms with Gasteiger partial charge < -0.3 is 36.1 Å². The van der Waals surface area contributed by atoms with E-state index in [-0.39, 0.29) is 34.9 Å². The summed E-state index contributed by atoms with van der Waals surface area (Å²) in [5, 5.41) is 13.6. The van der Waals surface area contributed by atoms with Crippen LogP contribution in [0.1, 0.15) is 40.5 Å². The Morgan fingerprint density at radius 2 is 1.79 bits per heavy atom. The Balaban J connectivity index is 2.58. The highest BCUT2D eigenvalue weighted by atomic mass is 16.6. The molecule has 0 saturated heterocycles. The smallest absolute Gasteiger partial charge is 0.405 e. The Hall–Kier alpha value is -3.54. The lowest BCUT2D eigenvalue weighted by Gasteiger charge is -2.29. The predicted molar refractivity (Wildman–Crippen MR) is 144 cm³/mol. The number of ketones is 2. The van der Waals surface area contributed by atoms with E-state index in [4.69, 9.17) is 25.7 Å². The Kier molecular flexibility index (Phi) is 11.4. The number of carbonyl (C=O) groups excluding carboxylic acids is 4. The molecule has 11 nitrogen and oxygen atoms in total. The molecule has 11 heteroatoms. The van der Waals surface area contributed by atoms with Crippen molar-refractivity contribution in [1.82, 2.24) is 5.32 Å². The van der Waals surface area contributed by atoms with Crippen molar-refractivity contribution in [3.8, 4) is 0 Å². The van der Waals surface area contributed by atoms with E-state index in [1.807, 2.05) is 6.92 Å². The molecule has 0 aromatic heterocycles. The monoisotopic (exact) mass is 545 g/mol. The van der Waals surface area contributed by atoms with E-state index >= 15 is 0 Å². The van der Waals surface area contributed by atoms with Crippen LogP contribution in [-0.4, -0.2) is 67.3 Å². The molecule has 1 heterocycles. The number of carbonyl (C=O) groups is 4. The first kappa shape index (κ1) is 31.7. The van der Waals surface area contributed by atoms with Gasteiger partial charge >= 0.3 is 6.09 Å². The lowest BCUT2D eigenvalue weighted by molar-refractivity contribution is -0.120. The number of ether oxygens (including phenoxy) is 3. The second-order valence-corrected chi connectivity index (χ2v) is 9.97. The molecule has 214 valence electrons. The second-order valence-electron chi connectivity index (χ2n) is 9.97. The average molecular weight is 546 g/mol. The maximum atomic E-state index is 13.2. The summed E-state index contributed by atoms with van der Waals surface area (Å²) >= 11 is 0. The molecule has 39 heavy (non-hydrogen) atoms. The molecule has 6 unspecified atom stereocenters. The van der Waals surface area contributed by atoms with Crippen LogP contribution in [-0.2, 0) is 28.6 Å². The van der Waals surface area contributed by atoms with E-state index < -0.39 is 53.9 Å². The van der Waals surface area contributed by atoms with Crippen molar-refractivity contribution in [2.75, 3.05) is 14.2 Å². The minimum atomic E-state index is -1.00. The van der Waals surface area contributed by atoms with Gasteiger partial charge in [0.2, 0.25) is 11.6 Å². The van der Waals surface area contributed by atoms with E-state index in [9.17, 15) is 24.3 Å². The number of hydrogen-bond acceptors (Lipinski definition) is 9. The molecule has 6 atom stereocenters. The fraction of sp³-hybridized carbons (Fsp3) is 0.500. The van der Waals surface area contributed by atoms with Crippen LogP contribution in [0.4, 0.5) is 4.79 Å². The summed E-state index contributed by atoms with van der Waals surface area (Å²) in [4.78, 5) is 50.1. The van der Waals surface area contributed by atoms with Crippen molar-refractivity contribution in [3.05, 3.63) is 58.5 Å². The molecule has 1 aliphatic heterocycles. The lowest BCUT2D eigenvalue weighted by atomic mass is 9.85. The van der Waals surface area contributed by atoms with E-state index in [0.717, 1.165) is 6.08 Å². The van der Waals surface area contributed by atoms with Crippen molar-refractivity contribution in [3.63, 3.8) is 0 Å². The van der Waals surface area contributed by atoms with Crippen LogP contribution in [0.2, 0.25) is 0 Å². The van der Waals surface area contributed by atoms with Crippen LogP contribution in [0.3, 0.4) is 0 Å². The van der Waals surface area contributed by atoms with Gasteiger partial charge in [0.05, 0.1) is 23.6 Å². The largest absolute Gasteiger partial charge is 0.439 e. The molecule has 2 amide bonds. The van der Waals surface area contributed by atoms with Gasteiger partial charge in [-0.05, 0) is 38.2 Å². The number of hydrogen-bond donors (Lipinski definition) is 4. The number of allylic oxidation sites excluding steroid dienone is 4.